The van der Waals surface area contributed by atoms with E-state index in [2.05, 4.69) is 13.8 Å². The van der Waals surface area contributed by atoms with Gasteiger partial charge < -0.3 is 0 Å². The van der Waals surface area contributed by atoms with Gasteiger partial charge in [0.05, 0.1) is 6.54 Å². The fourth-order valence-corrected chi connectivity index (χ4v) is 2.47. The zero-order valence-corrected chi connectivity index (χ0v) is 12.4. The molecule has 1 aromatic rings. The Bertz CT molecular complexity index is 395. The number of quaternary nitrogens is 1. The first kappa shape index (κ1) is 17.0. The van der Waals surface area contributed by atoms with Gasteiger partial charge in [-0.3, -0.25) is 4.90 Å². The predicted molar refractivity (Wildman–Crippen MR) is 75.7 cm³/mol. The van der Waals surface area contributed by atoms with Gasteiger partial charge in [-0.05, 0) is 18.4 Å². The second-order valence-corrected chi connectivity index (χ2v) is 5.29. The van der Waals surface area contributed by atoms with Crippen LogP contribution < -0.4 is 4.90 Å². The Morgan fingerprint density at radius 1 is 1.15 bits per heavy atom. The minimum absolute atomic E-state index is 0.0952. The highest BCUT2D eigenvalue weighted by molar-refractivity contribution is 5.31. The summed E-state index contributed by atoms with van der Waals surface area (Å²) in [5.41, 5.74) is 0.0952. The summed E-state index contributed by atoms with van der Waals surface area (Å²) >= 11 is 0. The number of hydrogen-bond donors (Lipinski definition) is 1. The lowest BCUT2D eigenvalue weighted by atomic mass is 9.95. The highest BCUT2D eigenvalue weighted by atomic mass is 19.2. The summed E-state index contributed by atoms with van der Waals surface area (Å²) in [4.78, 5) is 0.372. The molecule has 2 unspecified atom stereocenters. The van der Waals surface area contributed by atoms with Crippen LogP contribution in [-0.4, -0.2) is 13.3 Å². The Morgan fingerprint density at radius 2 is 1.90 bits per heavy atom. The molecular weight excluding hydrogens is 263 g/mol. The van der Waals surface area contributed by atoms with Crippen LogP contribution in [0.2, 0.25) is 0 Å². The molecule has 0 amide bonds. The lowest BCUT2D eigenvalue weighted by molar-refractivity contribution is -0.849. The molecule has 0 aliphatic heterocycles. The van der Waals surface area contributed by atoms with Crippen LogP contribution in [0.25, 0.3) is 0 Å². The van der Waals surface area contributed by atoms with Crippen LogP contribution >= 0.6 is 0 Å². The molecule has 0 aliphatic rings. The molecular formula is C16H25F3N+. The largest absolute Gasteiger partial charge is 0.273 e. The highest BCUT2D eigenvalue weighted by Crippen LogP contribution is 2.17. The SMILES string of the molecule is CCCCC(CC)CC[NH+](CF)c1cccc(F)c1F. The van der Waals surface area contributed by atoms with Gasteiger partial charge in [0.1, 0.15) is 0 Å². The summed E-state index contributed by atoms with van der Waals surface area (Å²) in [5, 5.41) is 0. The van der Waals surface area contributed by atoms with Gasteiger partial charge in [0.15, 0.2) is 11.5 Å². The summed E-state index contributed by atoms with van der Waals surface area (Å²) in [5.74, 6) is -1.30. The van der Waals surface area contributed by atoms with E-state index in [0.29, 0.717) is 17.4 Å². The number of rotatable bonds is 9. The molecule has 0 aromatic heterocycles. The van der Waals surface area contributed by atoms with E-state index in [1.54, 1.807) is 0 Å². The van der Waals surface area contributed by atoms with Crippen molar-refractivity contribution < 1.29 is 18.1 Å². The minimum Gasteiger partial charge on any atom is -0.273 e. The molecule has 0 heterocycles. The Morgan fingerprint density at radius 3 is 2.50 bits per heavy atom. The Kier molecular flexibility index (Phi) is 7.67. The van der Waals surface area contributed by atoms with Crippen molar-refractivity contribution in [2.45, 2.75) is 46.0 Å². The van der Waals surface area contributed by atoms with E-state index in [9.17, 15) is 13.2 Å². The zero-order chi connectivity index (χ0) is 15.0. The number of unbranched alkanes of at least 4 members (excludes halogenated alkanes) is 1. The second kappa shape index (κ2) is 9.01. The number of benzene rings is 1. The monoisotopic (exact) mass is 288 g/mol. The highest BCUT2D eigenvalue weighted by Gasteiger charge is 2.20. The van der Waals surface area contributed by atoms with Gasteiger partial charge in [-0.1, -0.05) is 45.6 Å². The molecule has 0 bridgehead atoms. The second-order valence-electron chi connectivity index (χ2n) is 5.29. The van der Waals surface area contributed by atoms with Gasteiger partial charge in [-0.25, -0.2) is 4.39 Å². The van der Waals surface area contributed by atoms with E-state index >= 15 is 0 Å². The van der Waals surface area contributed by atoms with Crippen molar-refractivity contribution in [2.75, 3.05) is 13.3 Å². The number of alkyl halides is 1. The van der Waals surface area contributed by atoms with E-state index in [1.807, 2.05) is 0 Å². The molecule has 1 nitrogen and oxygen atoms in total. The van der Waals surface area contributed by atoms with E-state index in [-0.39, 0.29) is 5.69 Å². The molecule has 4 heteroatoms. The van der Waals surface area contributed by atoms with Gasteiger partial charge in [0.2, 0.25) is 12.6 Å². The molecule has 20 heavy (non-hydrogen) atoms. The number of hydrogen-bond acceptors (Lipinski definition) is 0. The molecule has 1 rings (SSSR count). The summed E-state index contributed by atoms with van der Waals surface area (Å²) in [6, 6.07) is 3.95. The quantitative estimate of drug-likeness (QED) is 0.655. The molecule has 0 saturated heterocycles. The van der Waals surface area contributed by atoms with Crippen molar-refractivity contribution >= 4 is 5.69 Å². The molecule has 114 valence electrons. The molecule has 2 atom stereocenters. The molecule has 1 aromatic carbocycles. The van der Waals surface area contributed by atoms with Crippen LogP contribution in [0.4, 0.5) is 18.9 Å². The molecule has 1 N–H and O–H groups in total. The molecule has 0 radical (unpaired) electrons. The van der Waals surface area contributed by atoms with Crippen LogP contribution in [0.5, 0.6) is 0 Å². The van der Waals surface area contributed by atoms with Gasteiger partial charge in [-0.15, -0.1) is 0 Å². The smallest absolute Gasteiger partial charge is 0.225 e. The van der Waals surface area contributed by atoms with Crippen molar-refractivity contribution in [3.8, 4) is 0 Å². The lowest BCUT2D eigenvalue weighted by Gasteiger charge is -2.19. The van der Waals surface area contributed by atoms with Gasteiger partial charge >= 0.3 is 0 Å². The number of halogens is 3. The third-order valence-corrected chi connectivity index (χ3v) is 3.89. The molecule has 0 spiro atoms. The number of nitrogens with one attached hydrogen (secondary N) is 1. The Hall–Kier alpha value is -1.03. The fraction of sp³-hybridized carbons (Fsp3) is 0.625. The summed E-state index contributed by atoms with van der Waals surface area (Å²) in [6.45, 7) is 4.05. The van der Waals surface area contributed by atoms with Crippen molar-refractivity contribution in [3.05, 3.63) is 29.8 Å². The topological polar surface area (TPSA) is 4.44 Å². The van der Waals surface area contributed by atoms with Gasteiger partial charge in [-0.2, -0.15) is 8.78 Å². The fourth-order valence-electron chi connectivity index (χ4n) is 2.47. The van der Waals surface area contributed by atoms with Crippen LogP contribution in [-0.2, 0) is 0 Å². The maximum atomic E-state index is 13.7. The van der Waals surface area contributed by atoms with Gasteiger partial charge in [0, 0.05) is 6.07 Å². The van der Waals surface area contributed by atoms with Crippen LogP contribution in [0.3, 0.4) is 0 Å². The third-order valence-electron chi connectivity index (χ3n) is 3.89. The van der Waals surface area contributed by atoms with Crippen molar-refractivity contribution in [2.24, 2.45) is 5.92 Å². The molecule has 0 saturated carbocycles. The van der Waals surface area contributed by atoms with Crippen molar-refractivity contribution in [1.29, 1.82) is 0 Å². The Labute approximate surface area is 119 Å². The van der Waals surface area contributed by atoms with Gasteiger partial charge in [0.25, 0.3) is 0 Å². The molecule has 0 fully saturated rings. The summed E-state index contributed by atoms with van der Waals surface area (Å²) in [6.07, 6.45) is 5.32. The van der Waals surface area contributed by atoms with E-state index < -0.39 is 18.4 Å². The van der Waals surface area contributed by atoms with Crippen molar-refractivity contribution in [3.63, 3.8) is 0 Å². The maximum Gasteiger partial charge on any atom is 0.225 e. The first-order valence-corrected chi connectivity index (χ1v) is 7.49. The van der Waals surface area contributed by atoms with Crippen LogP contribution in [0.15, 0.2) is 18.2 Å². The predicted octanol–water partition coefficient (Wildman–Crippen LogP) is 4.01. The summed E-state index contributed by atoms with van der Waals surface area (Å²) in [7, 11) is 0. The third kappa shape index (κ3) is 4.82. The van der Waals surface area contributed by atoms with E-state index in [0.717, 1.165) is 38.2 Å². The first-order chi connectivity index (χ1) is 9.63. The summed E-state index contributed by atoms with van der Waals surface area (Å²) < 4.78 is 40.0. The lowest BCUT2D eigenvalue weighted by Crippen LogP contribution is -3.07. The maximum absolute atomic E-state index is 13.7. The molecule has 0 aliphatic carbocycles. The van der Waals surface area contributed by atoms with E-state index in [1.165, 1.54) is 12.1 Å². The first-order valence-electron chi connectivity index (χ1n) is 7.49. The van der Waals surface area contributed by atoms with Crippen LogP contribution in [0.1, 0.15) is 46.0 Å². The standard InChI is InChI=1S/C16H24F3N/c1-3-5-7-13(4-2)10-11-20(12-17)15-9-6-8-14(18)16(15)19/h6,8-9,13H,3-5,7,10-12H2,1-2H3/p+1. The van der Waals surface area contributed by atoms with Crippen LogP contribution in [0, 0.1) is 17.6 Å². The average Bonchev–Trinajstić information content (AvgIpc) is 2.46. The normalized spacial score (nSPS) is 14.2. The van der Waals surface area contributed by atoms with E-state index in [4.69, 9.17) is 0 Å². The zero-order valence-electron chi connectivity index (χ0n) is 12.4. The van der Waals surface area contributed by atoms with Crippen molar-refractivity contribution in [1.82, 2.24) is 0 Å². The Balaban J connectivity index is 2.65. The average molecular weight is 288 g/mol. The minimum atomic E-state index is -0.929.